The second-order valence-electron chi connectivity index (χ2n) is 7.16. The number of ether oxygens (including phenoxy) is 3. The van der Waals surface area contributed by atoms with Crippen molar-refractivity contribution in [3.05, 3.63) is 87.4 Å². The number of benzene rings is 3. The lowest BCUT2D eigenvalue weighted by molar-refractivity contribution is -0.123. The topological polar surface area (TPSA) is 69.2 Å². The molecule has 0 spiro atoms. The van der Waals surface area contributed by atoms with E-state index >= 15 is 0 Å². The summed E-state index contributed by atoms with van der Waals surface area (Å²) in [5, 5.41) is 4.00. The van der Waals surface area contributed by atoms with Crippen LogP contribution in [0.25, 0.3) is 0 Å². The van der Waals surface area contributed by atoms with E-state index in [2.05, 4.69) is 26.5 Å². The number of rotatable bonds is 9. The Morgan fingerprint density at radius 2 is 1.81 bits per heavy atom. The van der Waals surface area contributed by atoms with Gasteiger partial charge < -0.3 is 14.2 Å². The van der Waals surface area contributed by atoms with Gasteiger partial charge in [0.2, 0.25) is 0 Å². The van der Waals surface area contributed by atoms with E-state index in [1.807, 2.05) is 68.4 Å². The third kappa shape index (κ3) is 6.59. The minimum atomic E-state index is -0.358. The molecule has 3 rings (SSSR count). The Kier molecular flexibility index (Phi) is 8.27. The van der Waals surface area contributed by atoms with Crippen molar-refractivity contribution >= 4 is 28.1 Å². The van der Waals surface area contributed by atoms with Crippen molar-refractivity contribution in [2.24, 2.45) is 5.10 Å². The van der Waals surface area contributed by atoms with E-state index in [1.165, 1.54) is 6.21 Å². The number of nitrogens with one attached hydrogen (secondary N) is 1. The number of methoxy groups -OCH3 is 1. The summed E-state index contributed by atoms with van der Waals surface area (Å²) in [4.78, 5) is 12.1. The largest absolute Gasteiger partial charge is 0.493 e. The first-order valence-electron chi connectivity index (χ1n) is 10.0. The molecule has 0 saturated carbocycles. The van der Waals surface area contributed by atoms with E-state index in [1.54, 1.807) is 13.2 Å². The molecule has 0 fully saturated rings. The number of carbonyl (C=O) groups is 1. The molecule has 3 aromatic rings. The standard InChI is InChI=1S/C25H25BrN2O4/c1-17-11-18(2)25(21(26)12-17)32-16-24(29)28-27-14-20-9-10-22(23(13-20)30-3)31-15-19-7-5-4-6-8-19/h4-14H,15-16H2,1-3H3,(H,28,29)/b27-14+. The van der Waals surface area contributed by atoms with Gasteiger partial charge in [-0.05, 0) is 76.3 Å². The lowest BCUT2D eigenvalue weighted by Gasteiger charge is -2.12. The molecule has 7 heteroatoms. The highest BCUT2D eigenvalue weighted by atomic mass is 79.9. The van der Waals surface area contributed by atoms with Crippen LogP contribution in [0.4, 0.5) is 0 Å². The van der Waals surface area contributed by atoms with Crippen LogP contribution >= 0.6 is 15.9 Å². The Bertz CT molecular complexity index is 1080. The predicted octanol–water partition coefficient (Wildman–Crippen LogP) is 5.18. The van der Waals surface area contributed by atoms with Crippen LogP contribution in [-0.4, -0.2) is 25.8 Å². The molecule has 0 aliphatic rings. The Labute approximate surface area is 196 Å². The lowest BCUT2D eigenvalue weighted by atomic mass is 10.1. The van der Waals surface area contributed by atoms with Gasteiger partial charge in [-0.1, -0.05) is 36.4 Å². The van der Waals surface area contributed by atoms with Crippen molar-refractivity contribution in [2.45, 2.75) is 20.5 Å². The first-order valence-corrected chi connectivity index (χ1v) is 10.8. The molecule has 0 saturated heterocycles. The molecule has 0 aliphatic carbocycles. The predicted molar refractivity (Wildman–Crippen MR) is 129 cm³/mol. The maximum Gasteiger partial charge on any atom is 0.277 e. The second kappa shape index (κ2) is 11.3. The van der Waals surface area contributed by atoms with Gasteiger partial charge in [0, 0.05) is 0 Å². The molecule has 0 bridgehead atoms. The molecule has 0 aliphatic heterocycles. The smallest absolute Gasteiger partial charge is 0.277 e. The minimum absolute atomic E-state index is 0.143. The van der Waals surface area contributed by atoms with Gasteiger partial charge >= 0.3 is 0 Å². The fourth-order valence-electron chi connectivity index (χ4n) is 3.05. The molecule has 0 atom stereocenters. The van der Waals surface area contributed by atoms with Crippen LogP contribution in [0.2, 0.25) is 0 Å². The van der Waals surface area contributed by atoms with Gasteiger partial charge in [-0.25, -0.2) is 5.43 Å². The Hall–Kier alpha value is -3.32. The SMILES string of the molecule is COc1cc(/C=N/NC(=O)COc2c(C)cc(C)cc2Br)ccc1OCc1ccccc1. The molecule has 0 unspecified atom stereocenters. The number of carbonyl (C=O) groups excluding carboxylic acids is 1. The average Bonchev–Trinajstić information content (AvgIpc) is 2.78. The molecule has 0 aromatic heterocycles. The van der Waals surface area contributed by atoms with Crippen LogP contribution in [-0.2, 0) is 11.4 Å². The minimum Gasteiger partial charge on any atom is -0.493 e. The summed E-state index contributed by atoms with van der Waals surface area (Å²) in [6, 6.07) is 19.3. The molecule has 166 valence electrons. The molecule has 3 aromatic carbocycles. The number of amides is 1. The highest BCUT2D eigenvalue weighted by Crippen LogP contribution is 2.30. The maximum absolute atomic E-state index is 12.1. The first-order chi connectivity index (χ1) is 15.5. The van der Waals surface area contributed by atoms with Gasteiger partial charge in [-0.15, -0.1) is 0 Å². The molecular formula is C25H25BrN2O4. The van der Waals surface area contributed by atoms with Crippen LogP contribution < -0.4 is 19.6 Å². The van der Waals surface area contributed by atoms with Gasteiger partial charge in [0.25, 0.3) is 5.91 Å². The monoisotopic (exact) mass is 496 g/mol. The van der Waals surface area contributed by atoms with Crippen molar-refractivity contribution < 1.29 is 19.0 Å². The normalized spacial score (nSPS) is 10.8. The van der Waals surface area contributed by atoms with Gasteiger partial charge in [0.05, 0.1) is 17.8 Å². The summed E-state index contributed by atoms with van der Waals surface area (Å²) in [7, 11) is 1.58. The van der Waals surface area contributed by atoms with Crippen LogP contribution in [0.15, 0.2) is 70.2 Å². The highest BCUT2D eigenvalue weighted by molar-refractivity contribution is 9.10. The van der Waals surface area contributed by atoms with Crippen molar-refractivity contribution in [3.8, 4) is 17.2 Å². The van der Waals surface area contributed by atoms with E-state index in [-0.39, 0.29) is 12.5 Å². The average molecular weight is 497 g/mol. The van der Waals surface area contributed by atoms with Crippen LogP contribution in [0.1, 0.15) is 22.3 Å². The zero-order valence-electron chi connectivity index (χ0n) is 18.2. The Balaban J connectivity index is 1.54. The van der Waals surface area contributed by atoms with Gasteiger partial charge in [-0.3, -0.25) is 4.79 Å². The fourth-order valence-corrected chi connectivity index (χ4v) is 3.84. The third-order valence-corrected chi connectivity index (χ3v) is 5.14. The summed E-state index contributed by atoms with van der Waals surface area (Å²) >= 11 is 3.47. The van der Waals surface area contributed by atoms with Crippen molar-refractivity contribution in [1.29, 1.82) is 0 Å². The fraction of sp³-hybridized carbons (Fsp3) is 0.200. The molecule has 32 heavy (non-hydrogen) atoms. The van der Waals surface area contributed by atoms with Crippen LogP contribution in [0.5, 0.6) is 17.2 Å². The number of nitrogens with zero attached hydrogens (tertiary/aromatic N) is 1. The van der Waals surface area contributed by atoms with E-state index in [9.17, 15) is 4.79 Å². The summed E-state index contributed by atoms with van der Waals surface area (Å²) in [6.45, 7) is 4.23. The van der Waals surface area contributed by atoms with E-state index in [4.69, 9.17) is 14.2 Å². The number of hydrogen-bond acceptors (Lipinski definition) is 5. The molecular weight excluding hydrogens is 472 g/mol. The third-order valence-electron chi connectivity index (χ3n) is 4.55. The molecule has 1 amide bonds. The van der Waals surface area contributed by atoms with Crippen molar-refractivity contribution in [3.63, 3.8) is 0 Å². The van der Waals surface area contributed by atoms with Crippen molar-refractivity contribution in [2.75, 3.05) is 13.7 Å². The quantitative estimate of drug-likeness (QED) is 0.327. The summed E-state index contributed by atoms with van der Waals surface area (Å²) in [5.41, 5.74) is 6.36. The Morgan fingerprint density at radius 1 is 1.03 bits per heavy atom. The van der Waals surface area contributed by atoms with Crippen LogP contribution in [0.3, 0.4) is 0 Å². The summed E-state index contributed by atoms with van der Waals surface area (Å²) in [5.74, 6) is 1.50. The molecule has 6 nitrogen and oxygen atoms in total. The molecule has 0 heterocycles. The molecule has 1 N–H and O–H groups in total. The highest BCUT2D eigenvalue weighted by Gasteiger charge is 2.09. The number of aryl methyl sites for hydroxylation is 2. The molecule has 0 radical (unpaired) electrons. The van der Waals surface area contributed by atoms with E-state index < -0.39 is 0 Å². The van der Waals surface area contributed by atoms with E-state index in [0.29, 0.717) is 23.9 Å². The Morgan fingerprint density at radius 3 is 2.53 bits per heavy atom. The van der Waals surface area contributed by atoms with Gasteiger partial charge in [0.1, 0.15) is 12.4 Å². The zero-order chi connectivity index (χ0) is 22.9. The van der Waals surface area contributed by atoms with Gasteiger partial charge in [-0.2, -0.15) is 5.10 Å². The first kappa shape index (κ1) is 23.3. The number of hydrazone groups is 1. The summed E-state index contributed by atoms with van der Waals surface area (Å²) in [6.07, 6.45) is 1.54. The van der Waals surface area contributed by atoms with E-state index in [0.717, 1.165) is 26.7 Å². The number of hydrogen-bond donors (Lipinski definition) is 1. The van der Waals surface area contributed by atoms with Crippen LogP contribution in [0, 0.1) is 13.8 Å². The maximum atomic E-state index is 12.1. The summed E-state index contributed by atoms with van der Waals surface area (Å²) < 4.78 is 17.7. The lowest BCUT2D eigenvalue weighted by Crippen LogP contribution is -2.24. The number of halogens is 1. The second-order valence-corrected chi connectivity index (χ2v) is 8.01. The van der Waals surface area contributed by atoms with Crippen molar-refractivity contribution in [1.82, 2.24) is 5.43 Å². The van der Waals surface area contributed by atoms with Gasteiger partial charge in [0.15, 0.2) is 18.1 Å². The zero-order valence-corrected chi connectivity index (χ0v) is 19.8.